The maximum absolute atomic E-state index is 12.6. The van der Waals surface area contributed by atoms with Crippen LogP contribution in [0.4, 0.5) is 4.39 Å². The van der Waals surface area contributed by atoms with Crippen LogP contribution in [0.3, 0.4) is 0 Å². The molecule has 0 fully saturated rings. The van der Waals surface area contributed by atoms with E-state index in [0.717, 1.165) is 11.7 Å². The predicted molar refractivity (Wildman–Crippen MR) is 138 cm³/mol. The van der Waals surface area contributed by atoms with Crippen molar-refractivity contribution < 1.29 is 18.7 Å². The van der Waals surface area contributed by atoms with Crippen LogP contribution >= 0.6 is 7.26 Å². The Morgan fingerprint density at radius 3 is 1.76 bits per heavy atom. The number of ether oxygens (including phenoxy) is 2. The quantitative estimate of drug-likeness (QED) is 0.245. The summed E-state index contributed by atoms with van der Waals surface area (Å²) in [5, 5.41) is 3.72. The Hall–Kier alpha value is -3.49. The molecule has 0 aromatic heterocycles. The van der Waals surface area contributed by atoms with Crippen molar-refractivity contribution in [1.82, 2.24) is 0 Å². The van der Waals surface area contributed by atoms with Crippen molar-refractivity contribution in [2.75, 3.05) is 20.4 Å². The summed E-state index contributed by atoms with van der Waals surface area (Å²) >= 11 is 0. The van der Waals surface area contributed by atoms with Crippen molar-refractivity contribution in [3.05, 3.63) is 120 Å². The summed E-state index contributed by atoms with van der Waals surface area (Å²) in [6, 6.07) is 36.8. The smallest absolute Gasteiger partial charge is 0.337 e. The number of hydrogen-bond acceptors (Lipinski definition) is 3. The molecule has 0 saturated carbocycles. The fourth-order valence-electron chi connectivity index (χ4n) is 4.18. The van der Waals surface area contributed by atoms with E-state index < -0.39 is 13.9 Å². The molecule has 0 radical (unpaired) electrons. The average molecular weight is 473 g/mol. The topological polar surface area (TPSA) is 35.5 Å². The first kappa shape index (κ1) is 23.7. The van der Waals surface area contributed by atoms with Crippen LogP contribution in [-0.4, -0.2) is 26.4 Å². The summed E-state index contributed by atoms with van der Waals surface area (Å²) < 4.78 is 22.9. The number of hydrogen-bond donors (Lipinski definition) is 0. The van der Waals surface area contributed by atoms with Crippen LogP contribution in [-0.2, 0) is 10.9 Å². The van der Waals surface area contributed by atoms with E-state index in [2.05, 4.69) is 60.7 Å². The van der Waals surface area contributed by atoms with Gasteiger partial charge in [-0.25, -0.2) is 9.18 Å². The Balaban J connectivity index is 1.86. The highest BCUT2D eigenvalue weighted by molar-refractivity contribution is 7.95. The van der Waals surface area contributed by atoms with Crippen molar-refractivity contribution in [2.45, 2.75) is 6.16 Å². The highest BCUT2D eigenvalue weighted by atomic mass is 31.2. The zero-order chi connectivity index (χ0) is 23.8. The molecule has 4 aromatic carbocycles. The van der Waals surface area contributed by atoms with E-state index in [1.165, 1.54) is 23.0 Å². The van der Waals surface area contributed by atoms with Crippen LogP contribution in [0.25, 0.3) is 0 Å². The van der Waals surface area contributed by atoms with Gasteiger partial charge < -0.3 is 9.47 Å². The largest absolute Gasteiger partial charge is 0.491 e. The van der Waals surface area contributed by atoms with E-state index in [-0.39, 0.29) is 12.6 Å². The molecule has 4 rings (SSSR count). The molecular weight excluding hydrogens is 445 g/mol. The second-order valence-electron chi connectivity index (χ2n) is 7.86. The number of carbonyl (C=O) groups is 1. The summed E-state index contributed by atoms with van der Waals surface area (Å²) in [5.74, 6) is 0.311. The minimum atomic E-state index is -2.11. The Morgan fingerprint density at radius 2 is 1.26 bits per heavy atom. The van der Waals surface area contributed by atoms with E-state index in [9.17, 15) is 9.18 Å². The van der Waals surface area contributed by atoms with E-state index in [4.69, 9.17) is 9.47 Å². The lowest BCUT2D eigenvalue weighted by Crippen LogP contribution is -2.32. The Bertz CT molecular complexity index is 1150. The third-order valence-corrected chi connectivity index (χ3v) is 10.2. The Kier molecular flexibility index (Phi) is 7.72. The van der Waals surface area contributed by atoms with Crippen molar-refractivity contribution in [3.63, 3.8) is 0 Å². The molecule has 5 heteroatoms. The van der Waals surface area contributed by atoms with Crippen molar-refractivity contribution >= 4 is 29.1 Å². The van der Waals surface area contributed by atoms with E-state index in [0.29, 0.717) is 11.3 Å². The summed E-state index contributed by atoms with van der Waals surface area (Å²) in [6.45, 7) is -0.474. The van der Waals surface area contributed by atoms with Gasteiger partial charge in [-0.3, -0.25) is 0 Å². The van der Waals surface area contributed by atoms with Gasteiger partial charge in [-0.15, -0.1) is 0 Å². The Labute approximate surface area is 200 Å². The second-order valence-corrected chi connectivity index (χ2v) is 11.3. The first-order valence-electron chi connectivity index (χ1n) is 11.1. The molecular formula is C29H27FO3P+. The summed E-state index contributed by atoms with van der Waals surface area (Å²) in [5.41, 5.74) is 1.66. The van der Waals surface area contributed by atoms with E-state index >= 15 is 0 Å². The molecule has 34 heavy (non-hydrogen) atoms. The van der Waals surface area contributed by atoms with Crippen LogP contribution in [0.15, 0.2) is 109 Å². The van der Waals surface area contributed by atoms with Crippen molar-refractivity contribution in [1.29, 1.82) is 0 Å². The maximum Gasteiger partial charge on any atom is 0.337 e. The molecule has 0 N–H and O–H groups in total. The standard InChI is InChI=1S/C29H27FO3P/c1-32-29(31)24-14-12-23(13-15-24)22-34(26-8-4-2-5-9-26,27-10-6-3-7-11-27)28-18-16-25(17-19-28)33-21-20-30/h2-19H,20-22H2,1H3/q+1/i30-1. The number of benzene rings is 4. The number of alkyl halides is 1. The second kappa shape index (κ2) is 11.1. The van der Waals surface area contributed by atoms with Gasteiger partial charge in [-0.05, 0) is 66.2 Å². The normalized spacial score (nSPS) is 11.1. The highest BCUT2D eigenvalue weighted by Crippen LogP contribution is 2.58. The molecule has 0 aliphatic rings. The molecule has 0 aliphatic heterocycles. The van der Waals surface area contributed by atoms with Crippen LogP contribution < -0.4 is 20.7 Å². The van der Waals surface area contributed by atoms with Crippen LogP contribution in [0.1, 0.15) is 15.9 Å². The molecule has 0 heterocycles. The number of rotatable bonds is 9. The fraction of sp³-hybridized carbons (Fsp3) is 0.138. The molecule has 0 atom stereocenters. The lowest BCUT2D eigenvalue weighted by atomic mass is 10.1. The van der Waals surface area contributed by atoms with Gasteiger partial charge in [-0.2, -0.15) is 0 Å². The Morgan fingerprint density at radius 1 is 0.735 bits per heavy atom. The summed E-state index contributed by atoms with van der Waals surface area (Å²) in [4.78, 5) is 11.9. The van der Waals surface area contributed by atoms with Crippen molar-refractivity contribution in [3.8, 4) is 5.75 Å². The molecule has 4 aromatic rings. The molecule has 0 spiro atoms. The van der Waals surface area contributed by atoms with Gasteiger partial charge in [-0.1, -0.05) is 48.5 Å². The zero-order valence-corrected chi connectivity index (χ0v) is 20.0. The summed E-state index contributed by atoms with van der Waals surface area (Å²) in [6.07, 6.45) is 0.785. The third-order valence-electron chi connectivity index (χ3n) is 5.81. The monoisotopic (exact) mass is 472 g/mol. The molecule has 0 aliphatic carbocycles. The van der Waals surface area contributed by atoms with Gasteiger partial charge in [0.05, 0.1) is 18.8 Å². The lowest BCUT2D eigenvalue weighted by Gasteiger charge is -2.28. The van der Waals surface area contributed by atoms with Crippen LogP contribution in [0, 0.1) is 0 Å². The number of methoxy groups -OCH3 is 1. The number of carbonyl (C=O) groups excluding carboxylic acids is 1. The molecule has 172 valence electrons. The van der Waals surface area contributed by atoms with Gasteiger partial charge in [0.25, 0.3) is 0 Å². The minimum absolute atomic E-state index is 0.0452. The first-order valence-corrected chi connectivity index (χ1v) is 13.1. The van der Waals surface area contributed by atoms with Gasteiger partial charge in [0.15, 0.2) is 0 Å². The van der Waals surface area contributed by atoms with Gasteiger partial charge in [0.1, 0.15) is 42.2 Å². The summed E-state index contributed by atoms with van der Waals surface area (Å²) in [7, 11) is -0.725. The SMILES string of the molecule is COC(=O)c1ccc(C[P+](c2ccccc2)(c2ccccc2)c2ccc(OCC[18F])cc2)cc1. The first-order chi connectivity index (χ1) is 16.7. The number of esters is 1. The fourth-order valence-corrected chi connectivity index (χ4v) is 8.40. The molecule has 0 amide bonds. The average Bonchev–Trinajstić information content (AvgIpc) is 2.92. The van der Waals surface area contributed by atoms with Gasteiger partial charge >= 0.3 is 5.97 Å². The minimum Gasteiger partial charge on any atom is -0.491 e. The number of halogens is 1. The van der Waals surface area contributed by atoms with Crippen molar-refractivity contribution in [2.24, 2.45) is 0 Å². The van der Waals surface area contributed by atoms with Crippen LogP contribution in [0.2, 0.25) is 0 Å². The van der Waals surface area contributed by atoms with Crippen LogP contribution in [0.5, 0.6) is 5.75 Å². The molecule has 0 saturated heterocycles. The van der Waals surface area contributed by atoms with Gasteiger partial charge in [0.2, 0.25) is 0 Å². The van der Waals surface area contributed by atoms with Gasteiger partial charge in [0, 0.05) is 0 Å². The lowest BCUT2D eigenvalue weighted by molar-refractivity contribution is 0.0600. The van der Waals surface area contributed by atoms with E-state index in [1.54, 1.807) is 0 Å². The highest BCUT2D eigenvalue weighted by Gasteiger charge is 2.45. The molecule has 3 nitrogen and oxygen atoms in total. The predicted octanol–water partition coefficient (Wildman–Crippen LogP) is 5.32. The maximum atomic E-state index is 12.6. The zero-order valence-electron chi connectivity index (χ0n) is 19.1. The molecule has 0 bridgehead atoms. The molecule has 0 unspecified atom stereocenters. The third kappa shape index (κ3) is 5.03. The van der Waals surface area contributed by atoms with E-state index in [1.807, 2.05) is 48.5 Å².